The smallest absolute Gasteiger partial charge is 0.276 e. The lowest BCUT2D eigenvalue weighted by Gasteiger charge is -2.36. The van der Waals surface area contributed by atoms with E-state index in [1.807, 2.05) is 11.8 Å². The zero-order valence-corrected chi connectivity index (χ0v) is 11.4. The lowest BCUT2D eigenvalue weighted by molar-refractivity contribution is 0.0625. The summed E-state index contributed by atoms with van der Waals surface area (Å²) < 4.78 is 0. The van der Waals surface area contributed by atoms with Crippen molar-refractivity contribution < 1.29 is 4.79 Å². The molecule has 2 rings (SSSR count). The van der Waals surface area contributed by atoms with Gasteiger partial charge in [-0.3, -0.25) is 9.89 Å². The van der Waals surface area contributed by atoms with Gasteiger partial charge in [0, 0.05) is 13.1 Å². The highest BCUT2D eigenvalue weighted by Gasteiger charge is 2.30. The van der Waals surface area contributed by atoms with Crippen molar-refractivity contribution in [3.63, 3.8) is 0 Å². The van der Waals surface area contributed by atoms with Crippen LogP contribution in [0.2, 0.25) is 0 Å². The molecule has 1 aliphatic heterocycles. The highest BCUT2D eigenvalue weighted by Crippen LogP contribution is 2.30. The van der Waals surface area contributed by atoms with Crippen LogP contribution in [0.1, 0.15) is 49.8 Å². The summed E-state index contributed by atoms with van der Waals surface area (Å²) in [5.41, 5.74) is 8.00. The second-order valence-electron chi connectivity index (χ2n) is 5.77. The molecule has 5 nitrogen and oxygen atoms in total. The molecular formula is C13H22N4O. The van der Waals surface area contributed by atoms with Crippen LogP contribution in [-0.4, -0.2) is 34.1 Å². The number of nitrogen functional groups attached to an aromatic ring is 1. The van der Waals surface area contributed by atoms with E-state index in [0.717, 1.165) is 38.0 Å². The van der Waals surface area contributed by atoms with Crippen molar-refractivity contribution in [2.24, 2.45) is 5.41 Å². The number of nitrogens with two attached hydrogens (primary N) is 1. The predicted molar refractivity (Wildman–Crippen MR) is 71.3 cm³/mol. The van der Waals surface area contributed by atoms with Crippen LogP contribution in [0.5, 0.6) is 0 Å². The number of aromatic amines is 1. The van der Waals surface area contributed by atoms with Crippen molar-refractivity contribution in [3.05, 3.63) is 11.4 Å². The molecule has 0 bridgehead atoms. The summed E-state index contributed by atoms with van der Waals surface area (Å²) in [4.78, 5) is 14.2. The molecule has 1 aliphatic rings. The van der Waals surface area contributed by atoms with E-state index in [2.05, 4.69) is 24.0 Å². The van der Waals surface area contributed by atoms with Gasteiger partial charge in [0.05, 0.1) is 11.4 Å². The van der Waals surface area contributed by atoms with E-state index in [1.54, 1.807) is 0 Å². The molecule has 1 aromatic heterocycles. The average molecular weight is 250 g/mol. The van der Waals surface area contributed by atoms with Gasteiger partial charge < -0.3 is 10.6 Å². The molecule has 1 saturated heterocycles. The Hall–Kier alpha value is -1.52. The summed E-state index contributed by atoms with van der Waals surface area (Å²) in [5, 5.41) is 6.89. The summed E-state index contributed by atoms with van der Waals surface area (Å²) in [7, 11) is 0. The third-order valence-electron chi connectivity index (χ3n) is 3.84. The summed E-state index contributed by atoms with van der Waals surface area (Å²) in [6.45, 7) is 8.06. The van der Waals surface area contributed by atoms with E-state index < -0.39 is 0 Å². The maximum atomic E-state index is 12.3. The molecule has 5 heteroatoms. The second kappa shape index (κ2) is 4.63. The van der Waals surface area contributed by atoms with Crippen molar-refractivity contribution in [3.8, 4) is 0 Å². The largest absolute Gasteiger partial charge is 0.395 e. The Morgan fingerprint density at radius 3 is 2.56 bits per heavy atom. The van der Waals surface area contributed by atoms with Gasteiger partial charge in [-0.15, -0.1) is 0 Å². The maximum absolute atomic E-state index is 12.3. The Kier molecular flexibility index (Phi) is 3.32. The number of hydrogen-bond donors (Lipinski definition) is 2. The first-order valence-corrected chi connectivity index (χ1v) is 6.56. The van der Waals surface area contributed by atoms with Gasteiger partial charge in [0.15, 0.2) is 5.69 Å². The molecule has 0 spiro atoms. The van der Waals surface area contributed by atoms with Crippen LogP contribution in [-0.2, 0) is 6.42 Å². The third kappa shape index (κ3) is 2.35. The molecule has 2 heterocycles. The Balaban J connectivity index is 2.10. The second-order valence-corrected chi connectivity index (χ2v) is 5.77. The van der Waals surface area contributed by atoms with Gasteiger partial charge in [-0.05, 0) is 24.7 Å². The van der Waals surface area contributed by atoms with Gasteiger partial charge in [-0.1, -0.05) is 20.8 Å². The molecule has 0 aliphatic carbocycles. The van der Waals surface area contributed by atoms with Gasteiger partial charge in [-0.2, -0.15) is 5.10 Å². The number of rotatable bonds is 2. The normalized spacial score (nSPS) is 18.9. The minimum absolute atomic E-state index is 0.0426. The van der Waals surface area contributed by atoms with Crippen LogP contribution in [0.4, 0.5) is 5.69 Å². The Bertz CT molecular complexity index is 440. The number of anilines is 1. The minimum atomic E-state index is -0.0426. The fraction of sp³-hybridized carbons (Fsp3) is 0.692. The molecule has 18 heavy (non-hydrogen) atoms. The first kappa shape index (κ1) is 12.9. The van der Waals surface area contributed by atoms with Crippen LogP contribution in [0.3, 0.4) is 0 Å². The van der Waals surface area contributed by atoms with Crippen molar-refractivity contribution in [2.75, 3.05) is 18.8 Å². The van der Waals surface area contributed by atoms with Crippen LogP contribution in [0.15, 0.2) is 0 Å². The molecule has 0 aromatic carbocycles. The number of nitrogens with zero attached hydrogens (tertiary/aromatic N) is 2. The predicted octanol–water partition coefficient (Wildman–Crippen LogP) is 1.82. The first-order chi connectivity index (χ1) is 8.44. The number of hydrogen-bond acceptors (Lipinski definition) is 3. The van der Waals surface area contributed by atoms with Crippen LogP contribution in [0, 0.1) is 5.41 Å². The zero-order chi connectivity index (χ0) is 13.3. The lowest BCUT2D eigenvalue weighted by Crippen LogP contribution is -2.41. The Labute approximate surface area is 108 Å². The van der Waals surface area contributed by atoms with Crippen LogP contribution >= 0.6 is 0 Å². The van der Waals surface area contributed by atoms with Crippen molar-refractivity contribution in [2.45, 2.75) is 40.0 Å². The molecule has 0 unspecified atom stereocenters. The fourth-order valence-electron chi connectivity index (χ4n) is 2.28. The standard InChI is InChI=1S/C13H22N4O/c1-4-9-10(14)11(16-15-9)12(18)17-7-5-13(2,3)6-8-17/h4-8,14H2,1-3H3,(H,15,16). The number of amides is 1. The van der Waals surface area contributed by atoms with Gasteiger partial charge in [-0.25, -0.2) is 0 Å². The number of nitrogens with one attached hydrogen (secondary N) is 1. The Morgan fingerprint density at radius 2 is 2.06 bits per heavy atom. The van der Waals surface area contributed by atoms with E-state index >= 15 is 0 Å². The quantitative estimate of drug-likeness (QED) is 0.840. The average Bonchev–Trinajstić information content (AvgIpc) is 2.69. The number of aryl methyl sites for hydroxylation is 1. The fourth-order valence-corrected chi connectivity index (χ4v) is 2.28. The lowest BCUT2D eigenvalue weighted by atomic mass is 9.82. The van der Waals surface area contributed by atoms with Crippen molar-refractivity contribution >= 4 is 11.6 Å². The van der Waals surface area contributed by atoms with Crippen LogP contribution in [0.25, 0.3) is 0 Å². The van der Waals surface area contributed by atoms with Crippen molar-refractivity contribution in [1.82, 2.24) is 15.1 Å². The topological polar surface area (TPSA) is 75.0 Å². The van der Waals surface area contributed by atoms with E-state index in [4.69, 9.17) is 5.73 Å². The number of piperidine rings is 1. The zero-order valence-electron chi connectivity index (χ0n) is 11.4. The number of carbonyl (C=O) groups excluding carboxylic acids is 1. The Morgan fingerprint density at radius 1 is 1.44 bits per heavy atom. The van der Waals surface area contributed by atoms with Gasteiger partial charge in [0.1, 0.15) is 0 Å². The SMILES string of the molecule is CCc1[nH]nc(C(=O)N2CCC(C)(C)CC2)c1N. The maximum Gasteiger partial charge on any atom is 0.276 e. The van der Waals surface area contributed by atoms with Gasteiger partial charge in [0.2, 0.25) is 0 Å². The van der Waals surface area contributed by atoms with E-state index in [1.165, 1.54) is 0 Å². The number of carbonyl (C=O) groups is 1. The molecule has 0 atom stereocenters. The monoisotopic (exact) mass is 250 g/mol. The summed E-state index contributed by atoms with van der Waals surface area (Å²) in [6, 6.07) is 0. The van der Waals surface area contributed by atoms with E-state index in [-0.39, 0.29) is 5.91 Å². The van der Waals surface area contributed by atoms with E-state index in [9.17, 15) is 4.79 Å². The molecule has 1 amide bonds. The molecule has 1 fully saturated rings. The highest BCUT2D eigenvalue weighted by molar-refractivity contribution is 5.97. The molecule has 0 radical (unpaired) electrons. The highest BCUT2D eigenvalue weighted by atomic mass is 16.2. The first-order valence-electron chi connectivity index (χ1n) is 6.56. The molecule has 0 saturated carbocycles. The number of H-pyrrole nitrogens is 1. The number of aromatic nitrogens is 2. The van der Waals surface area contributed by atoms with Gasteiger partial charge >= 0.3 is 0 Å². The minimum Gasteiger partial charge on any atom is -0.395 e. The molecular weight excluding hydrogens is 228 g/mol. The third-order valence-corrected chi connectivity index (χ3v) is 3.84. The molecule has 1 aromatic rings. The summed E-state index contributed by atoms with van der Waals surface area (Å²) in [5.74, 6) is -0.0426. The van der Waals surface area contributed by atoms with E-state index in [0.29, 0.717) is 16.8 Å². The van der Waals surface area contributed by atoms with Gasteiger partial charge in [0.25, 0.3) is 5.91 Å². The van der Waals surface area contributed by atoms with Crippen molar-refractivity contribution in [1.29, 1.82) is 0 Å². The molecule has 100 valence electrons. The molecule has 3 N–H and O–H groups in total. The summed E-state index contributed by atoms with van der Waals surface area (Å²) >= 11 is 0. The van der Waals surface area contributed by atoms with Crippen LogP contribution < -0.4 is 5.73 Å². The number of likely N-dealkylation sites (tertiary alicyclic amines) is 1. The summed E-state index contributed by atoms with van der Waals surface area (Å²) in [6.07, 6.45) is 2.83.